The molecule has 0 aromatic heterocycles. The van der Waals surface area contributed by atoms with E-state index in [1.54, 1.807) is 19.1 Å². The predicted octanol–water partition coefficient (Wildman–Crippen LogP) is 3.80. The molecule has 0 saturated carbocycles. The predicted molar refractivity (Wildman–Crippen MR) is 82.8 cm³/mol. The summed E-state index contributed by atoms with van der Waals surface area (Å²) in [5.41, 5.74) is 1.48. The van der Waals surface area contributed by atoms with Crippen molar-refractivity contribution in [1.29, 1.82) is 0 Å². The van der Waals surface area contributed by atoms with E-state index in [4.69, 9.17) is 14.2 Å². The Labute approximate surface area is 130 Å². The first kappa shape index (κ1) is 17.8. The largest absolute Gasteiger partial charge is 0.513 e. The monoisotopic (exact) mass is 306 g/mol. The Hall–Kier alpha value is -2.30. The molecule has 5 nitrogen and oxygen atoms in total. The third-order valence-corrected chi connectivity index (χ3v) is 2.81. The number of hydrogen-bond acceptors (Lipinski definition) is 5. The number of rotatable bonds is 8. The van der Waals surface area contributed by atoms with Crippen LogP contribution in [0.1, 0.15) is 31.7 Å². The minimum atomic E-state index is -0.711. The smallest absolute Gasteiger partial charge is 0.462 e. The standard InChI is InChI=1S/C17H22O5/c1-13(2)16(18)20-11-5-4-6-12-21-17(19)22-15-9-7-14(3)8-10-15/h7-10H,1,4-6,11-12H2,2-3H3. The van der Waals surface area contributed by atoms with Crippen molar-refractivity contribution in [2.24, 2.45) is 0 Å². The molecule has 0 unspecified atom stereocenters. The molecule has 22 heavy (non-hydrogen) atoms. The van der Waals surface area contributed by atoms with Crippen LogP contribution in [0.5, 0.6) is 5.75 Å². The van der Waals surface area contributed by atoms with Crippen LogP contribution in [0.3, 0.4) is 0 Å². The van der Waals surface area contributed by atoms with Gasteiger partial charge < -0.3 is 14.2 Å². The number of hydrogen-bond donors (Lipinski definition) is 0. The van der Waals surface area contributed by atoms with Crippen molar-refractivity contribution in [3.8, 4) is 5.75 Å². The molecule has 120 valence electrons. The first-order valence-corrected chi connectivity index (χ1v) is 7.23. The lowest BCUT2D eigenvalue weighted by atomic mass is 10.2. The molecule has 1 aromatic rings. The normalized spacial score (nSPS) is 9.91. The van der Waals surface area contributed by atoms with Crippen molar-refractivity contribution in [3.05, 3.63) is 42.0 Å². The van der Waals surface area contributed by atoms with Gasteiger partial charge in [0.2, 0.25) is 0 Å². The third kappa shape index (κ3) is 7.47. The van der Waals surface area contributed by atoms with Crippen molar-refractivity contribution in [1.82, 2.24) is 0 Å². The second-order valence-electron chi connectivity index (χ2n) is 4.99. The van der Waals surface area contributed by atoms with E-state index in [1.807, 2.05) is 19.1 Å². The van der Waals surface area contributed by atoms with E-state index in [0.29, 0.717) is 24.4 Å². The maximum absolute atomic E-state index is 11.4. The van der Waals surface area contributed by atoms with Gasteiger partial charge in [-0.25, -0.2) is 9.59 Å². The highest BCUT2D eigenvalue weighted by atomic mass is 16.7. The lowest BCUT2D eigenvalue weighted by Crippen LogP contribution is -2.11. The van der Waals surface area contributed by atoms with Gasteiger partial charge in [-0.15, -0.1) is 0 Å². The Morgan fingerprint density at radius 1 is 1.00 bits per heavy atom. The lowest BCUT2D eigenvalue weighted by Gasteiger charge is -2.06. The van der Waals surface area contributed by atoms with Crippen LogP contribution in [0.25, 0.3) is 0 Å². The zero-order valence-corrected chi connectivity index (χ0v) is 13.1. The Kier molecular flexibility index (Phi) is 7.75. The maximum Gasteiger partial charge on any atom is 0.513 e. The van der Waals surface area contributed by atoms with Gasteiger partial charge in [0.05, 0.1) is 13.2 Å². The number of esters is 1. The third-order valence-electron chi connectivity index (χ3n) is 2.81. The number of benzene rings is 1. The van der Waals surface area contributed by atoms with Gasteiger partial charge in [-0.1, -0.05) is 24.3 Å². The van der Waals surface area contributed by atoms with Gasteiger partial charge in [-0.3, -0.25) is 0 Å². The van der Waals surface area contributed by atoms with Gasteiger partial charge in [0, 0.05) is 5.57 Å². The minimum Gasteiger partial charge on any atom is -0.462 e. The van der Waals surface area contributed by atoms with Gasteiger partial charge in [0.1, 0.15) is 5.75 Å². The minimum absolute atomic E-state index is 0.277. The highest BCUT2D eigenvalue weighted by molar-refractivity contribution is 5.86. The molecule has 0 amide bonds. The molecule has 0 heterocycles. The van der Waals surface area contributed by atoms with E-state index in [1.165, 1.54) is 0 Å². The Morgan fingerprint density at radius 3 is 2.18 bits per heavy atom. The molecular weight excluding hydrogens is 284 g/mol. The van der Waals surface area contributed by atoms with Gasteiger partial charge in [0.25, 0.3) is 0 Å². The van der Waals surface area contributed by atoms with Crippen molar-refractivity contribution in [3.63, 3.8) is 0 Å². The summed E-state index contributed by atoms with van der Waals surface area (Å²) in [5.74, 6) is 0.0835. The van der Waals surface area contributed by atoms with Crippen LogP contribution in [0.15, 0.2) is 36.4 Å². The van der Waals surface area contributed by atoms with Gasteiger partial charge in [-0.05, 0) is 45.2 Å². The van der Waals surface area contributed by atoms with E-state index in [9.17, 15) is 9.59 Å². The van der Waals surface area contributed by atoms with Crippen LogP contribution >= 0.6 is 0 Å². The molecular formula is C17H22O5. The second kappa shape index (κ2) is 9.60. The van der Waals surface area contributed by atoms with Crippen LogP contribution in [0.4, 0.5) is 4.79 Å². The summed E-state index contributed by atoms with van der Waals surface area (Å²) in [6, 6.07) is 7.14. The molecule has 0 N–H and O–H groups in total. The Balaban J connectivity index is 2.04. The number of ether oxygens (including phenoxy) is 3. The topological polar surface area (TPSA) is 61.8 Å². The SMILES string of the molecule is C=C(C)C(=O)OCCCCCOC(=O)Oc1ccc(C)cc1. The fraction of sp³-hybridized carbons (Fsp3) is 0.412. The van der Waals surface area contributed by atoms with Crippen LogP contribution in [-0.4, -0.2) is 25.3 Å². The number of carbonyl (C=O) groups excluding carboxylic acids is 2. The first-order valence-electron chi connectivity index (χ1n) is 7.23. The van der Waals surface area contributed by atoms with E-state index in [0.717, 1.165) is 18.4 Å². The summed E-state index contributed by atoms with van der Waals surface area (Å²) in [4.78, 5) is 22.5. The molecule has 0 aliphatic rings. The molecule has 0 spiro atoms. The number of unbranched alkanes of at least 4 members (excludes halogenated alkanes) is 2. The van der Waals surface area contributed by atoms with Crippen molar-refractivity contribution < 1.29 is 23.8 Å². The fourth-order valence-corrected chi connectivity index (χ4v) is 1.56. The van der Waals surface area contributed by atoms with Crippen molar-refractivity contribution in [2.45, 2.75) is 33.1 Å². The van der Waals surface area contributed by atoms with Crippen molar-refractivity contribution >= 4 is 12.1 Å². The maximum atomic E-state index is 11.4. The van der Waals surface area contributed by atoms with Crippen LogP contribution in [0.2, 0.25) is 0 Å². The zero-order chi connectivity index (χ0) is 16.4. The van der Waals surface area contributed by atoms with Gasteiger partial charge >= 0.3 is 12.1 Å². The average molecular weight is 306 g/mol. The van der Waals surface area contributed by atoms with Crippen LogP contribution in [0, 0.1) is 6.92 Å². The summed E-state index contributed by atoms with van der Waals surface area (Å²) in [6.07, 6.45) is 1.49. The molecule has 0 fully saturated rings. The molecule has 0 aliphatic carbocycles. The molecule has 5 heteroatoms. The summed E-state index contributed by atoms with van der Waals surface area (Å²) < 4.78 is 14.9. The first-order chi connectivity index (χ1) is 10.5. The molecule has 0 bridgehead atoms. The lowest BCUT2D eigenvalue weighted by molar-refractivity contribution is -0.139. The van der Waals surface area contributed by atoms with E-state index in [-0.39, 0.29) is 12.6 Å². The molecule has 1 aromatic carbocycles. The highest BCUT2D eigenvalue weighted by Crippen LogP contribution is 2.12. The molecule has 0 aliphatic heterocycles. The summed E-state index contributed by atoms with van der Waals surface area (Å²) in [5, 5.41) is 0. The Morgan fingerprint density at radius 2 is 1.59 bits per heavy atom. The zero-order valence-electron chi connectivity index (χ0n) is 13.1. The Bertz CT molecular complexity index is 504. The van der Waals surface area contributed by atoms with Gasteiger partial charge in [-0.2, -0.15) is 0 Å². The van der Waals surface area contributed by atoms with Crippen molar-refractivity contribution in [2.75, 3.05) is 13.2 Å². The van der Waals surface area contributed by atoms with E-state index >= 15 is 0 Å². The highest BCUT2D eigenvalue weighted by Gasteiger charge is 2.06. The van der Waals surface area contributed by atoms with E-state index in [2.05, 4.69) is 6.58 Å². The average Bonchev–Trinajstić information content (AvgIpc) is 2.48. The molecule has 1 rings (SSSR count). The summed E-state index contributed by atoms with van der Waals surface area (Å²) in [7, 11) is 0. The molecule has 0 radical (unpaired) electrons. The quantitative estimate of drug-likeness (QED) is 0.316. The van der Waals surface area contributed by atoms with E-state index < -0.39 is 6.16 Å². The molecule has 0 atom stereocenters. The summed E-state index contributed by atoms with van der Waals surface area (Å²) >= 11 is 0. The molecule has 0 saturated heterocycles. The van der Waals surface area contributed by atoms with Gasteiger partial charge in [0.15, 0.2) is 0 Å². The van der Waals surface area contributed by atoms with Crippen LogP contribution in [-0.2, 0) is 14.3 Å². The van der Waals surface area contributed by atoms with Crippen LogP contribution < -0.4 is 4.74 Å². The number of aryl methyl sites for hydroxylation is 1. The fourth-order valence-electron chi connectivity index (χ4n) is 1.56. The number of carbonyl (C=O) groups is 2. The summed E-state index contributed by atoms with van der Waals surface area (Å²) in [6.45, 7) is 7.68. The second-order valence-corrected chi connectivity index (χ2v) is 4.99.